The minimum Gasteiger partial charge on any atom is -0.396 e. The van der Waals surface area contributed by atoms with Crippen LogP contribution in [0.2, 0.25) is 0 Å². The number of aliphatic hydroxyl groups excluding tert-OH is 1. The summed E-state index contributed by atoms with van der Waals surface area (Å²) < 4.78 is 2.31. The van der Waals surface area contributed by atoms with Gasteiger partial charge in [-0.2, -0.15) is 0 Å². The van der Waals surface area contributed by atoms with Crippen LogP contribution in [-0.4, -0.2) is 27.0 Å². The lowest BCUT2D eigenvalue weighted by Crippen LogP contribution is -2.18. The van der Waals surface area contributed by atoms with E-state index in [0.717, 1.165) is 29.3 Å². The molecule has 0 bridgehead atoms. The van der Waals surface area contributed by atoms with Crippen molar-refractivity contribution in [3.05, 3.63) is 21.8 Å². The standard InChI is InChI=1S/C11H14N2O2S2/c1-13-10(15)9-8(4-7-16-9)12-11(13)17-6-3-2-5-14/h4,7,14H,2-3,5-6H2,1H3. The first-order valence-electron chi connectivity index (χ1n) is 5.42. The van der Waals surface area contributed by atoms with Gasteiger partial charge in [-0.05, 0) is 24.3 Å². The smallest absolute Gasteiger partial charge is 0.271 e. The first kappa shape index (κ1) is 12.6. The van der Waals surface area contributed by atoms with Gasteiger partial charge in [0, 0.05) is 19.4 Å². The van der Waals surface area contributed by atoms with Crippen LogP contribution in [0.1, 0.15) is 12.8 Å². The number of fused-ring (bicyclic) bond motifs is 1. The van der Waals surface area contributed by atoms with Crippen LogP contribution < -0.4 is 5.56 Å². The van der Waals surface area contributed by atoms with Crippen LogP contribution in [0, 0.1) is 0 Å². The van der Waals surface area contributed by atoms with Crippen molar-refractivity contribution in [1.82, 2.24) is 9.55 Å². The third kappa shape index (κ3) is 2.70. The van der Waals surface area contributed by atoms with Gasteiger partial charge in [0.15, 0.2) is 5.16 Å². The number of thioether (sulfide) groups is 1. The van der Waals surface area contributed by atoms with Crippen molar-refractivity contribution in [1.29, 1.82) is 0 Å². The molecule has 92 valence electrons. The third-order valence-corrected chi connectivity index (χ3v) is 4.44. The summed E-state index contributed by atoms with van der Waals surface area (Å²) in [5.41, 5.74) is 0.803. The van der Waals surface area contributed by atoms with Gasteiger partial charge >= 0.3 is 0 Å². The zero-order chi connectivity index (χ0) is 12.3. The number of thiophene rings is 1. The minimum atomic E-state index is 0.0228. The molecule has 0 aliphatic rings. The molecular weight excluding hydrogens is 256 g/mol. The van der Waals surface area contributed by atoms with Gasteiger partial charge in [0.1, 0.15) is 4.70 Å². The summed E-state index contributed by atoms with van der Waals surface area (Å²) in [6.07, 6.45) is 1.72. The fraction of sp³-hybridized carbons (Fsp3) is 0.455. The number of rotatable bonds is 5. The molecular formula is C11H14N2O2S2. The van der Waals surface area contributed by atoms with Crippen molar-refractivity contribution in [2.45, 2.75) is 18.0 Å². The third-order valence-electron chi connectivity index (χ3n) is 2.43. The first-order valence-corrected chi connectivity index (χ1v) is 7.28. The summed E-state index contributed by atoms with van der Waals surface area (Å²) >= 11 is 3.00. The molecule has 0 saturated carbocycles. The molecule has 0 amide bonds. The molecule has 6 heteroatoms. The summed E-state index contributed by atoms with van der Waals surface area (Å²) in [7, 11) is 1.75. The summed E-state index contributed by atoms with van der Waals surface area (Å²) in [6, 6.07) is 1.87. The van der Waals surface area contributed by atoms with Gasteiger partial charge in [0.05, 0.1) is 5.52 Å². The van der Waals surface area contributed by atoms with Crippen molar-refractivity contribution < 1.29 is 5.11 Å². The van der Waals surface area contributed by atoms with Crippen molar-refractivity contribution in [2.24, 2.45) is 7.05 Å². The van der Waals surface area contributed by atoms with Gasteiger partial charge in [-0.25, -0.2) is 4.98 Å². The molecule has 0 unspecified atom stereocenters. The highest BCUT2D eigenvalue weighted by Gasteiger charge is 2.09. The van der Waals surface area contributed by atoms with Gasteiger partial charge in [-0.1, -0.05) is 11.8 Å². The summed E-state index contributed by atoms with van der Waals surface area (Å²) in [5, 5.41) is 11.3. The molecule has 0 aliphatic heterocycles. The maximum Gasteiger partial charge on any atom is 0.271 e. The Kier molecular flexibility index (Phi) is 4.20. The van der Waals surface area contributed by atoms with E-state index in [4.69, 9.17) is 5.11 Å². The Morgan fingerprint density at radius 3 is 3.12 bits per heavy atom. The molecule has 2 heterocycles. The molecule has 0 saturated heterocycles. The highest BCUT2D eigenvalue weighted by molar-refractivity contribution is 7.99. The topological polar surface area (TPSA) is 55.1 Å². The highest BCUT2D eigenvalue weighted by Crippen LogP contribution is 2.20. The lowest BCUT2D eigenvalue weighted by Gasteiger charge is -2.06. The second-order valence-electron chi connectivity index (χ2n) is 3.67. The van der Waals surface area contributed by atoms with E-state index in [1.54, 1.807) is 23.4 Å². The monoisotopic (exact) mass is 270 g/mol. The zero-order valence-electron chi connectivity index (χ0n) is 9.55. The van der Waals surface area contributed by atoms with Crippen LogP contribution >= 0.6 is 23.1 Å². The predicted molar refractivity (Wildman–Crippen MR) is 71.9 cm³/mol. The minimum absolute atomic E-state index is 0.0228. The maximum atomic E-state index is 12.0. The van der Waals surface area contributed by atoms with Crippen molar-refractivity contribution in [3.63, 3.8) is 0 Å². The second kappa shape index (κ2) is 5.66. The Balaban J connectivity index is 2.22. The molecule has 2 aromatic rings. The highest BCUT2D eigenvalue weighted by atomic mass is 32.2. The number of aliphatic hydroxyl groups is 1. The van der Waals surface area contributed by atoms with E-state index >= 15 is 0 Å². The van der Waals surface area contributed by atoms with Crippen LogP contribution in [-0.2, 0) is 7.05 Å². The van der Waals surface area contributed by atoms with Crippen LogP contribution in [0.25, 0.3) is 10.2 Å². The normalized spacial score (nSPS) is 11.2. The lowest BCUT2D eigenvalue weighted by molar-refractivity contribution is 0.287. The Morgan fingerprint density at radius 2 is 2.35 bits per heavy atom. The van der Waals surface area contributed by atoms with E-state index in [2.05, 4.69) is 4.98 Å². The second-order valence-corrected chi connectivity index (χ2v) is 5.65. The molecule has 2 rings (SSSR count). The van der Waals surface area contributed by atoms with Crippen LogP contribution in [0.3, 0.4) is 0 Å². The number of unbranched alkanes of at least 4 members (excludes halogenated alkanes) is 1. The van der Waals surface area contributed by atoms with Crippen LogP contribution in [0.4, 0.5) is 0 Å². The number of aromatic nitrogens is 2. The van der Waals surface area contributed by atoms with Gasteiger partial charge < -0.3 is 5.11 Å². The summed E-state index contributed by atoms with van der Waals surface area (Å²) in [6.45, 7) is 0.219. The SMILES string of the molecule is Cn1c(SCCCCO)nc2ccsc2c1=O. The number of hydrogen-bond donors (Lipinski definition) is 1. The summed E-state index contributed by atoms with van der Waals surface area (Å²) in [4.78, 5) is 16.4. The average Bonchev–Trinajstić information content (AvgIpc) is 2.79. The largest absolute Gasteiger partial charge is 0.396 e. The lowest BCUT2D eigenvalue weighted by atomic mass is 10.4. The molecule has 0 atom stereocenters. The van der Waals surface area contributed by atoms with Gasteiger partial charge in [0.25, 0.3) is 5.56 Å². The quantitative estimate of drug-likeness (QED) is 0.512. The fourth-order valence-corrected chi connectivity index (χ4v) is 3.25. The Morgan fingerprint density at radius 1 is 1.53 bits per heavy atom. The Hall–Kier alpha value is -0.850. The van der Waals surface area contributed by atoms with Crippen molar-refractivity contribution in [3.8, 4) is 0 Å². The maximum absolute atomic E-state index is 12.0. The zero-order valence-corrected chi connectivity index (χ0v) is 11.2. The Bertz CT molecular complexity index is 562. The molecule has 1 N–H and O–H groups in total. The van der Waals surface area contributed by atoms with E-state index in [1.165, 1.54) is 11.3 Å². The molecule has 17 heavy (non-hydrogen) atoms. The number of hydrogen-bond acceptors (Lipinski definition) is 5. The first-order chi connectivity index (χ1) is 8.24. The van der Waals surface area contributed by atoms with E-state index in [9.17, 15) is 4.79 Å². The molecule has 0 aromatic carbocycles. The summed E-state index contributed by atoms with van der Waals surface area (Å²) in [5.74, 6) is 0.872. The van der Waals surface area contributed by atoms with E-state index < -0.39 is 0 Å². The number of nitrogens with zero attached hydrogens (tertiary/aromatic N) is 2. The van der Waals surface area contributed by atoms with Crippen LogP contribution in [0.15, 0.2) is 21.4 Å². The molecule has 4 nitrogen and oxygen atoms in total. The fourth-order valence-electron chi connectivity index (χ4n) is 1.47. The van der Waals surface area contributed by atoms with E-state index in [0.29, 0.717) is 4.70 Å². The van der Waals surface area contributed by atoms with Gasteiger partial charge in [-0.15, -0.1) is 11.3 Å². The van der Waals surface area contributed by atoms with E-state index in [-0.39, 0.29) is 12.2 Å². The predicted octanol–water partition coefficient (Wildman–Crippen LogP) is 1.86. The molecule has 0 fully saturated rings. The van der Waals surface area contributed by atoms with Gasteiger partial charge in [0.2, 0.25) is 0 Å². The van der Waals surface area contributed by atoms with Crippen molar-refractivity contribution in [2.75, 3.05) is 12.4 Å². The van der Waals surface area contributed by atoms with Gasteiger partial charge in [-0.3, -0.25) is 9.36 Å². The molecule has 0 radical (unpaired) electrons. The van der Waals surface area contributed by atoms with E-state index in [1.807, 2.05) is 11.4 Å². The molecule has 0 aliphatic carbocycles. The van der Waals surface area contributed by atoms with Crippen LogP contribution in [0.5, 0.6) is 0 Å². The molecule has 2 aromatic heterocycles. The average molecular weight is 270 g/mol. The van der Waals surface area contributed by atoms with Crippen molar-refractivity contribution >= 4 is 33.3 Å². The Labute approximate surface area is 107 Å². The molecule has 0 spiro atoms.